The average molecular weight is 667 g/mol. The number of aliphatic hydroxyl groups is 1. The zero-order valence-electron chi connectivity index (χ0n) is 27.3. The normalized spacial score (nSPS) is 14.0. The van der Waals surface area contributed by atoms with Gasteiger partial charge in [0, 0.05) is 19.6 Å². The molecule has 0 unspecified atom stereocenters. The van der Waals surface area contributed by atoms with Crippen molar-refractivity contribution in [2.24, 2.45) is 17.0 Å². The number of amides is 2. The predicted molar refractivity (Wildman–Crippen MR) is 181 cm³/mol. The summed E-state index contributed by atoms with van der Waals surface area (Å²) in [7, 11) is -4.08. The number of hydrogen-bond acceptors (Lipinski definition) is 7. The zero-order chi connectivity index (χ0) is 34.6. The molecule has 254 valence electrons. The van der Waals surface area contributed by atoms with Gasteiger partial charge >= 0.3 is 6.09 Å². The van der Waals surface area contributed by atoms with Crippen molar-refractivity contribution in [3.63, 3.8) is 0 Å². The van der Waals surface area contributed by atoms with Gasteiger partial charge in [-0.3, -0.25) is 9.69 Å². The Bertz CT molecular complexity index is 1550. The molecule has 3 rings (SSSR count). The van der Waals surface area contributed by atoms with E-state index in [9.17, 15) is 28.2 Å². The molecule has 3 aromatic carbocycles. The van der Waals surface area contributed by atoms with Gasteiger partial charge < -0.3 is 20.7 Å². The molecule has 47 heavy (non-hydrogen) atoms. The van der Waals surface area contributed by atoms with E-state index in [0.717, 1.165) is 16.0 Å². The van der Waals surface area contributed by atoms with Crippen LogP contribution < -0.4 is 5.32 Å². The quantitative estimate of drug-likeness (QED) is 0.0913. The van der Waals surface area contributed by atoms with Crippen LogP contribution in [0, 0.1) is 11.8 Å². The van der Waals surface area contributed by atoms with Crippen molar-refractivity contribution in [2.75, 3.05) is 13.1 Å². The maximum atomic E-state index is 14.0. The van der Waals surface area contributed by atoms with Crippen LogP contribution in [0.3, 0.4) is 0 Å². The Morgan fingerprint density at radius 1 is 0.851 bits per heavy atom. The highest BCUT2D eigenvalue weighted by molar-refractivity contribution is 7.89. The van der Waals surface area contributed by atoms with Crippen molar-refractivity contribution in [1.29, 1.82) is 0 Å². The van der Waals surface area contributed by atoms with E-state index in [1.807, 2.05) is 64.1 Å². The highest BCUT2D eigenvalue weighted by Crippen LogP contribution is 2.21. The summed E-state index contributed by atoms with van der Waals surface area (Å²) in [5, 5.41) is 36.6. The third-order valence-corrected chi connectivity index (χ3v) is 9.44. The van der Waals surface area contributed by atoms with E-state index in [-0.39, 0.29) is 49.2 Å². The molecule has 3 atom stereocenters. The van der Waals surface area contributed by atoms with Gasteiger partial charge in [-0.15, -0.1) is 0 Å². The Hall–Kier alpha value is -4.26. The monoisotopic (exact) mass is 666 g/mol. The number of sulfonamides is 1. The van der Waals surface area contributed by atoms with Gasteiger partial charge in [0.05, 0.1) is 23.3 Å². The minimum atomic E-state index is -4.08. The first-order chi connectivity index (χ1) is 22.3. The van der Waals surface area contributed by atoms with E-state index < -0.39 is 40.2 Å². The van der Waals surface area contributed by atoms with Crippen LogP contribution in [0.1, 0.15) is 50.8 Å². The fourth-order valence-corrected chi connectivity index (χ4v) is 6.92. The third kappa shape index (κ3) is 11.2. The molecule has 2 amide bonds. The van der Waals surface area contributed by atoms with Crippen LogP contribution in [0.5, 0.6) is 0 Å². The Morgan fingerprint density at radius 3 is 1.94 bits per heavy atom. The van der Waals surface area contributed by atoms with Crippen molar-refractivity contribution in [2.45, 2.75) is 70.2 Å². The van der Waals surface area contributed by atoms with Crippen LogP contribution >= 0.6 is 0 Å². The highest BCUT2D eigenvalue weighted by atomic mass is 32.2. The molecule has 0 heterocycles. The number of carboxylic acid groups (broad SMARTS) is 1. The Kier molecular flexibility index (Phi) is 13.9. The third-order valence-electron chi connectivity index (χ3n) is 7.59. The average Bonchev–Trinajstić information content (AvgIpc) is 3.03. The maximum absolute atomic E-state index is 14.0. The molecule has 0 spiro atoms. The van der Waals surface area contributed by atoms with E-state index in [2.05, 4.69) is 10.5 Å². The van der Waals surface area contributed by atoms with Gasteiger partial charge in [0.2, 0.25) is 15.9 Å². The number of rotatable bonds is 17. The summed E-state index contributed by atoms with van der Waals surface area (Å²) in [6.07, 6.45) is -0.996. The molecule has 11 nitrogen and oxygen atoms in total. The fraction of sp³-hybridized carbons (Fsp3) is 0.400. The lowest BCUT2D eigenvalue weighted by atomic mass is 9.97. The standard InChI is InChI=1S/C35H46N4O7S/c1-25(2)19-32(39(35(42)43)23-29-13-9-6-10-14-29)34(41)37-31(20-27-11-7-5-8-12-27)33(40)24-38(22-26(3)4)47(45,46)30-17-15-28(16-18-30)21-36-44/h5-18,21,25-26,31-33,40,44H,19-20,22-24H2,1-4H3,(H,37,41)(H,42,43)/b36-21+/t31-,32-,33+/m0/s1. The Labute approximate surface area is 277 Å². The number of carbonyl (C=O) groups excluding carboxylic acids is 1. The van der Waals surface area contributed by atoms with Gasteiger partial charge in [-0.05, 0) is 53.5 Å². The van der Waals surface area contributed by atoms with Crippen LogP contribution in [0.4, 0.5) is 4.79 Å². The van der Waals surface area contributed by atoms with Crippen molar-refractivity contribution >= 4 is 28.2 Å². The number of benzene rings is 3. The molecule has 0 saturated heterocycles. The summed E-state index contributed by atoms with van der Waals surface area (Å²) < 4.78 is 28.8. The van der Waals surface area contributed by atoms with Gasteiger partial charge in [0.15, 0.2) is 0 Å². The first kappa shape index (κ1) is 37.2. The molecule has 0 radical (unpaired) electrons. The lowest BCUT2D eigenvalue weighted by molar-refractivity contribution is -0.128. The van der Waals surface area contributed by atoms with Crippen molar-refractivity contribution in [3.8, 4) is 0 Å². The van der Waals surface area contributed by atoms with Gasteiger partial charge in [0.1, 0.15) is 6.04 Å². The minimum Gasteiger partial charge on any atom is -0.465 e. The van der Waals surface area contributed by atoms with Crippen molar-refractivity contribution in [1.82, 2.24) is 14.5 Å². The summed E-state index contributed by atoms with van der Waals surface area (Å²) in [4.78, 5) is 27.6. The van der Waals surface area contributed by atoms with Crippen LogP contribution in [0.25, 0.3) is 0 Å². The molecule has 3 aromatic rings. The lowest BCUT2D eigenvalue weighted by Crippen LogP contribution is -2.56. The first-order valence-corrected chi connectivity index (χ1v) is 17.1. The number of nitrogens with one attached hydrogen (secondary N) is 1. The Morgan fingerprint density at radius 2 is 1.43 bits per heavy atom. The summed E-state index contributed by atoms with van der Waals surface area (Å²) in [6.45, 7) is 7.31. The lowest BCUT2D eigenvalue weighted by Gasteiger charge is -2.34. The van der Waals surface area contributed by atoms with Crippen LogP contribution in [-0.2, 0) is 27.8 Å². The first-order valence-electron chi connectivity index (χ1n) is 15.6. The maximum Gasteiger partial charge on any atom is 0.408 e. The molecule has 4 N–H and O–H groups in total. The van der Waals surface area contributed by atoms with Gasteiger partial charge in [-0.2, -0.15) is 4.31 Å². The van der Waals surface area contributed by atoms with Gasteiger partial charge in [-0.1, -0.05) is 106 Å². The molecule has 0 fully saturated rings. The molecule has 12 heteroatoms. The number of nitrogens with zero attached hydrogens (tertiary/aromatic N) is 3. The molecule has 0 saturated carbocycles. The number of carbonyl (C=O) groups is 2. The van der Waals surface area contributed by atoms with Crippen molar-refractivity contribution < 1.29 is 33.4 Å². The van der Waals surface area contributed by atoms with Crippen LogP contribution in [0.2, 0.25) is 0 Å². The zero-order valence-corrected chi connectivity index (χ0v) is 28.1. The summed E-state index contributed by atoms with van der Waals surface area (Å²) >= 11 is 0. The summed E-state index contributed by atoms with van der Waals surface area (Å²) in [5.41, 5.74) is 2.03. The topological polar surface area (TPSA) is 160 Å². The summed E-state index contributed by atoms with van der Waals surface area (Å²) in [6, 6.07) is 22.0. The van der Waals surface area contributed by atoms with E-state index >= 15 is 0 Å². The second-order valence-electron chi connectivity index (χ2n) is 12.4. The molecule has 0 aliphatic heterocycles. The molecule has 0 aliphatic carbocycles. The van der Waals surface area contributed by atoms with E-state index in [0.29, 0.717) is 5.56 Å². The van der Waals surface area contributed by atoms with Crippen LogP contribution in [0.15, 0.2) is 95.0 Å². The molecule has 0 aromatic heterocycles. The van der Waals surface area contributed by atoms with Gasteiger partial charge in [0.25, 0.3) is 0 Å². The predicted octanol–water partition coefficient (Wildman–Crippen LogP) is 4.82. The molecular weight excluding hydrogens is 620 g/mol. The fourth-order valence-electron chi connectivity index (χ4n) is 5.30. The SMILES string of the molecule is CC(C)C[C@@H](C(=O)N[C@@H](Cc1ccccc1)[C@H](O)CN(CC(C)C)S(=O)(=O)c1ccc(/C=N/O)cc1)N(Cc1ccccc1)C(=O)O. The molecular formula is C35H46N4O7S. The summed E-state index contributed by atoms with van der Waals surface area (Å²) in [5.74, 6) is -0.684. The number of hydrogen-bond donors (Lipinski definition) is 4. The van der Waals surface area contributed by atoms with Crippen molar-refractivity contribution in [3.05, 3.63) is 102 Å². The minimum absolute atomic E-state index is 0.000839. The largest absolute Gasteiger partial charge is 0.465 e. The molecule has 0 bridgehead atoms. The van der Waals surface area contributed by atoms with E-state index in [1.165, 1.54) is 34.8 Å². The van der Waals surface area contributed by atoms with E-state index in [1.54, 1.807) is 24.3 Å². The van der Waals surface area contributed by atoms with Gasteiger partial charge in [-0.25, -0.2) is 13.2 Å². The van der Waals surface area contributed by atoms with Crippen LogP contribution in [-0.4, -0.2) is 82.5 Å². The Balaban J connectivity index is 1.95. The second kappa shape index (κ2) is 17.6. The molecule has 0 aliphatic rings. The number of oxime groups is 1. The second-order valence-corrected chi connectivity index (χ2v) is 14.4. The smallest absolute Gasteiger partial charge is 0.408 e. The highest BCUT2D eigenvalue weighted by Gasteiger charge is 2.35. The number of aliphatic hydroxyl groups excluding tert-OH is 1. The van der Waals surface area contributed by atoms with E-state index in [4.69, 9.17) is 5.21 Å².